The van der Waals surface area contributed by atoms with Crippen molar-refractivity contribution in [3.8, 4) is 18.2 Å². The molecule has 0 aromatic heterocycles. The summed E-state index contributed by atoms with van der Waals surface area (Å²) >= 11 is 0. The van der Waals surface area contributed by atoms with E-state index < -0.39 is 46.2 Å². The van der Waals surface area contributed by atoms with Gasteiger partial charge in [0.2, 0.25) is 17.1 Å². The van der Waals surface area contributed by atoms with E-state index in [0.717, 1.165) is 18.2 Å². The van der Waals surface area contributed by atoms with Crippen molar-refractivity contribution in [3.05, 3.63) is 71.3 Å². The van der Waals surface area contributed by atoms with Gasteiger partial charge in [-0.15, -0.1) is 0 Å². The van der Waals surface area contributed by atoms with Crippen LogP contribution in [0, 0.1) is 67.8 Å². The molecule has 8 heteroatoms. The third-order valence-corrected chi connectivity index (χ3v) is 6.10. The number of nitrogens with one attached hydrogen (secondary N) is 1. The molecule has 2 saturated heterocycles. The molecule has 0 spiro atoms. The minimum absolute atomic E-state index is 0.114. The Kier molecular flexibility index (Phi) is 4.13. The maximum Gasteiger partial charge on any atom is 0.244 e. The van der Waals surface area contributed by atoms with E-state index in [9.17, 15) is 24.6 Å². The Labute approximate surface area is 171 Å². The van der Waals surface area contributed by atoms with Crippen molar-refractivity contribution in [1.82, 2.24) is 0 Å². The molecule has 2 aliphatic heterocycles. The molecular weight excluding hydrogens is 390 g/mol. The van der Waals surface area contributed by atoms with Gasteiger partial charge in [0.05, 0.1) is 24.1 Å². The Balaban J connectivity index is 2.06. The number of nitrogens with zero attached hydrogens (tertiary/aromatic N) is 3. The van der Waals surface area contributed by atoms with Crippen LogP contribution < -0.4 is 0 Å². The number of fused-ring (bicyclic) bond motifs is 2. The quantitative estimate of drug-likeness (QED) is 0.810. The molecule has 0 radical (unpaired) electrons. The number of hydrogen-bond acceptors (Lipinski definition) is 6. The minimum Gasteiger partial charge on any atom is -0.443 e. The summed E-state index contributed by atoms with van der Waals surface area (Å²) in [5.41, 5.74) is -4.14. The molecule has 2 fully saturated rings. The predicted octanol–water partition coefficient (Wildman–Crippen LogP) is 4.08. The van der Waals surface area contributed by atoms with Crippen LogP contribution in [-0.4, -0.2) is 5.90 Å². The Morgan fingerprint density at radius 3 is 2.17 bits per heavy atom. The molecule has 4 unspecified atom stereocenters. The summed E-state index contributed by atoms with van der Waals surface area (Å²) in [4.78, 5) is 0. The Morgan fingerprint density at radius 1 is 0.967 bits per heavy atom. The van der Waals surface area contributed by atoms with E-state index in [1.165, 1.54) is 37.3 Å². The summed E-state index contributed by atoms with van der Waals surface area (Å²) in [7, 11) is 0. The maximum absolute atomic E-state index is 14.7. The SMILES string of the molecule is CC1C2(c3ccc(F)cc3)OC(=N)C1(C#N)C(C#N)(C#N)C(c1ccccc1F)O2. The fourth-order valence-corrected chi connectivity index (χ4v) is 4.52. The Morgan fingerprint density at radius 2 is 1.60 bits per heavy atom. The van der Waals surface area contributed by atoms with Crippen molar-refractivity contribution in [3.63, 3.8) is 0 Å². The van der Waals surface area contributed by atoms with Crippen LogP contribution in [0.5, 0.6) is 0 Å². The molecule has 2 heterocycles. The zero-order valence-corrected chi connectivity index (χ0v) is 15.7. The van der Waals surface area contributed by atoms with Gasteiger partial charge >= 0.3 is 0 Å². The van der Waals surface area contributed by atoms with E-state index in [1.54, 1.807) is 0 Å². The van der Waals surface area contributed by atoms with Crippen LogP contribution in [0.15, 0.2) is 48.5 Å². The minimum atomic E-state index is -2.26. The van der Waals surface area contributed by atoms with Crippen LogP contribution >= 0.6 is 0 Å². The molecule has 2 aromatic carbocycles. The fourth-order valence-electron chi connectivity index (χ4n) is 4.52. The van der Waals surface area contributed by atoms with Crippen LogP contribution in [0.4, 0.5) is 8.78 Å². The molecule has 0 amide bonds. The van der Waals surface area contributed by atoms with Gasteiger partial charge in [-0.25, -0.2) is 8.78 Å². The second-order valence-corrected chi connectivity index (χ2v) is 7.30. The van der Waals surface area contributed by atoms with E-state index in [-0.39, 0.29) is 11.1 Å². The average molecular weight is 404 g/mol. The highest BCUT2D eigenvalue weighted by molar-refractivity contribution is 5.89. The number of ether oxygens (including phenoxy) is 2. The summed E-state index contributed by atoms with van der Waals surface area (Å²) in [5.74, 6) is -4.67. The Bertz CT molecular complexity index is 1160. The fraction of sp³-hybridized carbons (Fsp3) is 0.273. The number of halogens is 2. The second-order valence-electron chi connectivity index (χ2n) is 7.30. The van der Waals surface area contributed by atoms with Crippen molar-refractivity contribution < 1.29 is 18.3 Å². The molecule has 0 saturated carbocycles. The summed E-state index contributed by atoms with van der Waals surface area (Å²) < 4.78 is 40.2. The van der Waals surface area contributed by atoms with Crippen molar-refractivity contribution >= 4 is 5.90 Å². The summed E-state index contributed by atoms with van der Waals surface area (Å²) in [5, 5.41) is 38.8. The molecule has 148 valence electrons. The van der Waals surface area contributed by atoms with E-state index in [2.05, 4.69) is 0 Å². The number of rotatable bonds is 2. The molecule has 2 aromatic rings. The summed E-state index contributed by atoms with van der Waals surface area (Å²) in [6, 6.07) is 16.2. The topological polar surface area (TPSA) is 114 Å². The first-order valence-corrected chi connectivity index (χ1v) is 9.03. The molecule has 6 nitrogen and oxygen atoms in total. The van der Waals surface area contributed by atoms with Crippen LogP contribution in [0.1, 0.15) is 24.2 Å². The molecular formula is C22H14F2N4O2. The van der Waals surface area contributed by atoms with E-state index >= 15 is 0 Å². The standard InChI is InChI=1S/C22H14F2N4O2/c1-13-21(12-27)19(28)30-22(13,14-6-8-15(23)9-7-14)29-18(20(21,10-25)11-26)16-4-2-3-5-17(16)24/h2-9,13,18,28H,1H3. The lowest BCUT2D eigenvalue weighted by molar-refractivity contribution is -0.289. The number of benzene rings is 2. The lowest BCUT2D eigenvalue weighted by Crippen LogP contribution is -2.57. The smallest absolute Gasteiger partial charge is 0.244 e. The lowest BCUT2D eigenvalue weighted by atomic mass is 9.53. The number of hydrogen-bond donors (Lipinski definition) is 1. The summed E-state index contributed by atoms with van der Waals surface area (Å²) in [6.07, 6.45) is -1.54. The average Bonchev–Trinajstić information content (AvgIpc) is 2.91. The van der Waals surface area contributed by atoms with Crippen LogP contribution in [0.25, 0.3) is 0 Å². The highest BCUT2D eigenvalue weighted by atomic mass is 19.1. The van der Waals surface area contributed by atoms with Gasteiger partial charge in [0, 0.05) is 11.1 Å². The normalized spacial score (nSPS) is 31.1. The monoisotopic (exact) mass is 404 g/mol. The zero-order chi connectivity index (χ0) is 21.7. The first-order valence-electron chi connectivity index (χ1n) is 9.03. The van der Waals surface area contributed by atoms with Crippen molar-refractivity contribution in [2.75, 3.05) is 0 Å². The summed E-state index contributed by atoms with van der Waals surface area (Å²) in [6.45, 7) is 1.52. The van der Waals surface area contributed by atoms with Crippen LogP contribution in [0.3, 0.4) is 0 Å². The molecule has 2 aliphatic rings. The molecule has 4 atom stereocenters. The van der Waals surface area contributed by atoms with Gasteiger partial charge in [-0.1, -0.05) is 25.1 Å². The third-order valence-electron chi connectivity index (χ3n) is 6.10. The van der Waals surface area contributed by atoms with Crippen molar-refractivity contribution in [1.29, 1.82) is 21.2 Å². The van der Waals surface area contributed by atoms with Crippen molar-refractivity contribution in [2.24, 2.45) is 16.7 Å². The van der Waals surface area contributed by atoms with Crippen molar-refractivity contribution in [2.45, 2.75) is 18.8 Å². The zero-order valence-electron chi connectivity index (χ0n) is 15.7. The van der Waals surface area contributed by atoms with Gasteiger partial charge in [-0.3, -0.25) is 5.41 Å². The van der Waals surface area contributed by atoms with Crippen LogP contribution in [-0.2, 0) is 15.3 Å². The molecule has 30 heavy (non-hydrogen) atoms. The van der Waals surface area contributed by atoms with Gasteiger partial charge in [0.25, 0.3) is 0 Å². The van der Waals surface area contributed by atoms with Crippen LogP contribution in [0.2, 0.25) is 0 Å². The van der Waals surface area contributed by atoms with Gasteiger partial charge in [0.15, 0.2) is 5.41 Å². The lowest BCUT2D eigenvalue weighted by Gasteiger charge is -2.48. The second kappa shape index (κ2) is 6.35. The van der Waals surface area contributed by atoms with E-state index in [0.29, 0.717) is 0 Å². The largest absolute Gasteiger partial charge is 0.443 e. The van der Waals surface area contributed by atoms with Gasteiger partial charge in [-0.2, -0.15) is 15.8 Å². The molecule has 0 aliphatic carbocycles. The first kappa shape index (κ1) is 19.5. The van der Waals surface area contributed by atoms with E-state index in [1.807, 2.05) is 18.2 Å². The highest BCUT2D eigenvalue weighted by Crippen LogP contribution is 2.69. The molecule has 1 N–H and O–H groups in total. The number of nitriles is 3. The molecule has 2 bridgehead atoms. The van der Waals surface area contributed by atoms with Gasteiger partial charge < -0.3 is 9.47 Å². The van der Waals surface area contributed by atoms with E-state index in [4.69, 9.17) is 14.9 Å². The maximum atomic E-state index is 14.7. The third kappa shape index (κ3) is 2.08. The van der Waals surface area contributed by atoms with Gasteiger partial charge in [-0.05, 0) is 30.3 Å². The predicted molar refractivity (Wildman–Crippen MR) is 98.0 cm³/mol. The Hall–Kier alpha value is -3.80. The highest BCUT2D eigenvalue weighted by Gasteiger charge is 2.79. The molecule has 4 rings (SSSR count). The first-order chi connectivity index (χ1) is 14.3. The van der Waals surface area contributed by atoms with Gasteiger partial charge in [0.1, 0.15) is 17.7 Å².